The van der Waals surface area contributed by atoms with Gasteiger partial charge in [-0.1, -0.05) is 60.7 Å². The molecule has 2 N–H and O–H groups in total. The van der Waals surface area contributed by atoms with Gasteiger partial charge in [0.1, 0.15) is 6.04 Å². The highest BCUT2D eigenvalue weighted by Crippen LogP contribution is 2.23. The van der Waals surface area contributed by atoms with Crippen LogP contribution in [0.15, 0.2) is 60.7 Å². The second kappa shape index (κ2) is 8.84. The Bertz CT molecular complexity index is 659. The van der Waals surface area contributed by atoms with Crippen LogP contribution in [0.4, 0.5) is 0 Å². The second-order valence-electron chi connectivity index (χ2n) is 5.46. The molecule has 0 saturated carbocycles. The van der Waals surface area contributed by atoms with Crippen LogP contribution in [0, 0.1) is 0 Å². The van der Waals surface area contributed by atoms with Crippen molar-refractivity contribution in [2.45, 2.75) is 19.5 Å². The van der Waals surface area contributed by atoms with Crippen LogP contribution in [0.3, 0.4) is 0 Å². The van der Waals surface area contributed by atoms with Crippen LogP contribution in [0.1, 0.15) is 24.1 Å². The van der Waals surface area contributed by atoms with E-state index < -0.39 is 6.04 Å². The van der Waals surface area contributed by atoms with Gasteiger partial charge in [0.15, 0.2) is 0 Å². The molecule has 0 radical (unpaired) electrons. The summed E-state index contributed by atoms with van der Waals surface area (Å²) in [5.74, 6) is -0.492. The maximum atomic E-state index is 12.6. The Morgan fingerprint density at radius 3 is 2.17 bits per heavy atom. The number of hydrogen-bond acceptors (Lipinski definition) is 3. The van der Waals surface area contributed by atoms with E-state index in [1.165, 1.54) is 11.8 Å². The topological polar surface area (TPSA) is 69.6 Å². The Hall–Kier alpha value is -2.66. The van der Waals surface area contributed by atoms with Crippen LogP contribution in [0.2, 0.25) is 0 Å². The number of hydrogen-bond donors (Lipinski definition) is 2. The summed E-state index contributed by atoms with van der Waals surface area (Å²) in [6.45, 7) is 1.80. The van der Waals surface area contributed by atoms with Crippen molar-refractivity contribution in [3.8, 4) is 0 Å². The van der Waals surface area contributed by atoms with Crippen LogP contribution >= 0.6 is 0 Å². The number of carbonyl (C=O) groups is 2. The Labute approximate surface area is 141 Å². The Morgan fingerprint density at radius 2 is 1.62 bits per heavy atom. The molecule has 0 spiro atoms. The van der Waals surface area contributed by atoms with Gasteiger partial charge in [-0.05, 0) is 11.1 Å². The van der Waals surface area contributed by atoms with Crippen molar-refractivity contribution in [3.05, 3.63) is 71.8 Å². The number of nitrogens with zero attached hydrogens (tertiary/aromatic N) is 1. The molecule has 2 amide bonds. The maximum absolute atomic E-state index is 12.6. The van der Waals surface area contributed by atoms with Crippen LogP contribution < -0.4 is 5.32 Å². The molecule has 0 aromatic heterocycles. The number of carbonyl (C=O) groups excluding carboxylic acids is 2. The zero-order valence-electron chi connectivity index (χ0n) is 13.7. The van der Waals surface area contributed by atoms with Gasteiger partial charge in [0.2, 0.25) is 11.8 Å². The van der Waals surface area contributed by atoms with E-state index in [0.717, 1.165) is 11.1 Å². The number of benzene rings is 2. The molecule has 5 nitrogen and oxygen atoms in total. The fourth-order valence-corrected chi connectivity index (χ4v) is 2.55. The smallest absolute Gasteiger partial charge is 0.247 e. The van der Waals surface area contributed by atoms with Gasteiger partial charge < -0.3 is 15.3 Å². The summed E-state index contributed by atoms with van der Waals surface area (Å²) in [5.41, 5.74) is 1.68. The summed E-state index contributed by atoms with van der Waals surface area (Å²) in [6.07, 6.45) is 0. The minimum atomic E-state index is -0.740. The number of aliphatic hydroxyl groups excluding tert-OH is 1. The van der Waals surface area contributed by atoms with Gasteiger partial charge in [-0.25, -0.2) is 0 Å². The third kappa shape index (κ3) is 4.67. The molecular formula is C19H22N2O3. The average molecular weight is 326 g/mol. The number of amides is 2. The minimum absolute atomic E-state index is 0.147. The maximum Gasteiger partial charge on any atom is 0.247 e. The Morgan fingerprint density at radius 1 is 1.04 bits per heavy atom. The molecule has 2 aromatic carbocycles. The normalized spacial score (nSPS) is 11.6. The van der Waals surface area contributed by atoms with Gasteiger partial charge in [-0.15, -0.1) is 0 Å². The van der Waals surface area contributed by atoms with Crippen LogP contribution in [-0.4, -0.2) is 35.0 Å². The average Bonchev–Trinajstić information content (AvgIpc) is 2.61. The Balaban J connectivity index is 2.34. The lowest BCUT2D eigenvalue weighted by atomic mass is 10.0. The quantitative estimate of drug-likeness (QED) is 0.816. The second-order valence-corrected chi connectivity index (χ2v) is 5.46. The van der Waals surface area contributed by atoms with E-state index in [1.807, 2.05) is 60.7 Å². The molecule has 2 aromatic rings. The minimum Gasteiger partial charge on any atom is -0.395 e. The molecule has 0 aliphatic carbocycles. The van der Waals surface area contributed by atoms with Crippen molar-refractivity contribution in [3.63, 3.8) is 0 Å². The molecular weight excluding hydrogens is 304 g/mol. The van der Waals surface area contributed by atoms with E-state index in [0.29, 0.717) is 6.54 Å². The van der Waals surface area contributed by atoms with Crippen molar-refractivity contribution >= 4 is 11.8 Å². The third-order valence-corrected chi connectivity index (χ3v) is 3.69. The van der Waals surface area contributed by atoms with Crippen LogP contribution in [-0.2, 0) is 16.1 Å². The fourth-order valence-electron chi connectivity index (χ4n) is 2.55. The van der Waals surface area contributed by atoms with Gasteiger partial charge in [0.25, 0.3) is 0 Å². The number of aliphatic hydroxyl groups is 1. The molecule has 5 heteroatoms. The largest absolute Gasteiger partial charge is 0.395 e. The first kappa shape index (κ1) is 17.7. The van der Waals surface area contributed by atoms with Crippen molar-refractivity contribution in [2.75, 3.05) is 13.2 Å². The molecule has 0 aliphatic rings. The molecule has 2 rings (SSSR count). The van der Waals surface area contributed by atoms with Gasteiger partial charge in [0.05, 0.1) is 6.61 Å². The summed E-state index contributed by atoms with van der Waals surface area (Å²) in [5, 5.41) is 11.6. The summed E-state index contributed by atoms with van der Waals surface area (Å²) in [4.78, 5) is 26.4. The molecule has 126 valence electrons. The van der Waals surface area contributed by atoms with E-state index >= 15 is 0 Å². The van der Waals surface area contributed by atoms with Gasteiger partial charge in [-0.2, -0.15) is 0 Å². The monoisotopic (exact) mass is 326 g/mol. The molecule has 1 unspecified atom stereocenters. The third-order valence-electron chi connectivity index (χ3n) is 3.69. The highest BCUT2D eigenvalue weighted by molar-refractivity contribution is 5.88. The van der Waals surface area contributed by atoms with Crippen molar-refractivity contribution in [1.82, 2.24) is 10.2 Å². The summed E-state index contributed by atoms with van der Waals surface area (Å²) < 4.78 is 0. The summed E-state index contributed by atoms with van der Waals surface area (Å²) in [6, 6.07) is 18.0. The summed E-state index contributed by atoms with van der Waals surface area (Å²) >= 11 is 0. The molecule has 0 bridgehead atoms. The van der Waals surface area contributed by atoms with Crippen LogP contribution in [0.5, 0.6) is 0 Å². The van der Waals surface area contributed by atoms with E-state index in [1.54, 1.807) is 0 Å². The number of nitrogens with one attached hydrogen (secondary N) is 1. The zero-order valence-corrected chi connectivity index (χ0v) is 13.7. The Kier molecular flexibility index (Phi) is 6.51. The lowest BCUT2D eigenvalue weighted by molar-refractivity contribution is -0.140. The van der Waals surface area contributed by atoms with E-state index in [-0.39, 0.29) is 25.0 Å². The zero-order chi connectivity index (χ0) is 17.4. The van der Waals surface area contributed by atoms with Gasteiger partial charge >= 0.3 is 0 Å². The molecule has 1 atom stereocenters. The fraction of sp³-hybridized carbons (Fsp3) is 0.263. The van der Waals surface area contributed by atoms with E-state index in [9.17, 15) is 9.59 Å². The van der Waals surface area contributed by atoms with Crippen molar-refractivity contribution in [1.29, 1.82) is 0 Å². The van der Waals surface area contributed by atoms with Gasteiger partial charge in [-0.3, -0.25) is 9.59 Å². The van der Waals surface area contributed by atoms with Gasteiger partial charge in [0, 0.05) is 20.0 Å². The predicted octanol–water partition coefficient (Wildman–Crippen LogP) is 1.88. The SMILES string of the molecule is CC(=O)N(Cc1ccccc1)C(C(=O)NCCO)c1ccccc1. The first-order valence-corrected chi connectivity index (χ1v) is 7.88. The van der Waals surface area contributed by atoms with E-state index in [4.69, 9.17) is 5.11 Å². The lowest BCUT2D eigenvalue weighted by Crippen LogP contribution is -2.43. The summed E-state index contributed by atoms with van der Waals surface area (Å²) in [7, 11) is 0. The van der Waals surface area contributed by atoms with E-state index in [2.05, 4.69) is 5.32 Å². The van der Waals surface area contributed by atoms with Crippen molar-refractivity contribution in [2.24, 2.45) is 0 Å². The first-order chi connectivity index (χ1) is 11.6. The molecule has 0 saturated heterocycles. The molecule has 0 fully saturated rings. The molecule has 0 heterocycles. The molecule has 24 heavy (non-hydrogen) atoms. The highest BCUT2D eigenvalue weighted by Gasteiger charge is 2.29. The molecule has 0 aliphatic heterocycles. The standard InChI is InChI=1S/C19H22N2O3/c1-15(23)21(14-16-8-4-2-5-9-16)18(19(24)20-12-13-22)17-10-6-3-7-11-17/h2-11,18,22H,12-14H2,1H3,(H,20,24). The number of rotatable bonds is 7. The predicted molar refractivity (Wildman–Crippen MR) is 91.9 cm³/mol. The highest BCUT2D eigenvalue weighted by atomic mass is 16.3. The van der Waals surface area contributed by atoms with Crippen molar-refractivity contribution < 1.29 is 14.7 Å². The first-order valence-electron chi connectivity index (χ1n) is 7.88. The van der Waals surface area contributed by atoms with Crippen LogP contribution in [0.25, 0.3) is 0 Å². The lowest BCUT2D eigenvalue weighted by Gasteiger charge is -2.30.